The quantitative estimate of drug-likeness (QED) is 0.782. The van der Waals surface area contributed by atoms with Crippen molar-refractivity contribution >= 4 is 5.97 Å². The van der Waals surface area contributed by atoms with Crippen LogP contribution in [0.4, 0.5) is 0 Å². The molecule has 0 aliphatic carbocycles. The van der Waals surface area contributed by atoms with E-state index >= 15 is 0 Å². The summed E-state index contributed by atoms with van der Waals surface area (Å²) in [6.45, 7) is 7.83. The lowest BCUT2D eigenvalue weighted by molar-refractivity contribution is 0.0508. The maximum absolute atomic E-state index is 11.3. The number of esters is 1. The maximum atomic E-state index is 11.3. The summed E-state index contributed by atoms with van der Waals surface area (Å²) >= 11 is 0. The Morgan fingerprint density at radius 1 is 1.56 bits per heavy atom. The number of ether oxygens (including phenoxy) is 1. The van der Waals surface area contributed by atoms with Gasteiger partial charge in [0, 0.05) is 0 Å². The van der Waals surface area contributed by atoms with Crippen molar-refractivity contribution in [2.45, 2.75) is 33.7 Å². The number of carbonyl (C=O) groups is 1. The van der Waals surface area contributed by atoms with Gasteiger partial charge in [-0.05, 0) is 17.5 Å². The summed E-state index contributed by atoms with van der Waals surface area (Å²) in [6, 6.07) is -0.414. The van der Waals surface area contributed by atoms with Gasteiger partial charge in [-0.25, -0.2) is 4.79 Å². The van der Waals surface area contributed by atoms with Crippen molar-refractivity contribution in [1.82, 2.24) is 10.1 Å². The Bertz CT molecular complexity index is 368. The third-order valence-corrected chi connectivity index (χ3v) is 2.10. The number of hydrogen-bond donors (Lipinski definition) is 1. The predicted molar refractivity (Wildman–Crippen MR) is 56.6 cm³/mol. The Kier molecular flexibility index (Phi) is 3.64. The Morgan fingerprint density at radius 2 is 2.19 bits per heavy atom. The number of aromatic nitrogens is 2. The van der Waals surface area contributed by atoms with E-state index < -0.39 is 12.0 Å². The summed E-state index contributed by atoms with van der Waals surface area (Å²) in [4.78, 5) is 15.2. The minimum absolute atomic E-state index is 0.0865. The van der Waals surface area contributed by atoms with Crippen molar-refractivity contribution in [3.05, 3.63) is 11.7 Å². The highest BCUT2D eigenvalue weighted by molar-refractivity contribution is 5.84. The molecule has 90 valence electrons. The van der Waals surface area contributed by atoms with Gasteiger partial charge in [-0.3, -0.25) is 0 Å². The number of hydrogen-bond acceptors (Lipinski definition) is 6. The molecule has 0 aromatic carbocycles. The van der Waals surface area contributed by atoms with Gasteiger partial charge in [0.05, 0.1) is 12.6 Å². The molecule has 1 unspecified atom stereocenters. The lowest BCUT2D eigenvalue weighted by atomic mass is 9.87. The van der Waals surface area contributed by atoms with E-state index in [0.717, 1.165) is 0 Å². The third-order valence-electron chi connectivity index (χ3n) is 2.10. The summed E-state index contributed by atoms with van der Waals surface area (Å²) in [7, 11) is 0. The van der Waals surface area contributed by atoms with Crippen LogP contribution in [0.1, 0.15) is 50.2 Å². The summed E-state index contributed by atoms with van der Waals surface area (Å²) in [5.74, 6) is -0.439. The summed E-state index contributed by atoms with van der Waals surface area (Å²) in [5, 5.41) is 3.53. The minimum atomic E-state index is -0.599. The van der Waals surface area contributed by atoms with E-state index in [1.54, 1.807) is 6.92 Å². The molecule has 0 aliphatic heterocycles. The van der Waals surface area contributed by atoms with Crippen LogP contribution in [0.2, 0.25) is 0 Å². The van der Waals surface area contributed by atoms with E-state index in [1.165, 1.54) is 0 Å². The zero-order valence-electron chi connectivity index (χ0n) is 9.98. The number of rotatable bonds is 3. The number of carbonyl (C=O) groups excluding carboxylic acids is 1. The van der Waals surface area contributed by atoms with Crippen molar-refractivity contribution in [3.63, 3.8) is 0 Å². The Balaban J connectivity index is 2.83. The van der Waals surface area contributed by atoms with Gasteiger partial charge in [0.1, 0.15) is 0 Å². The summed E-state index contributed by atoms with van der Waals surface area (Å²) in [5.41, 5.74) is 5.70. The van der Waals surface area contributed by atoms with E-state index in [0.29, 0.717) is 0 Å². The molecule has 0 spiro atoms. The normalized spacial score (nSPS) is 13.6. The predicted octanol–water partition coefficient (Wildman–Crippen LogP) is 1.29. The lowest BCUT2D eigenvalue weighted by Gasteiger charge is -2.23. The van der Waals surface area contributed by atoms with Crippen molar-refractivity contribution < 1.29 is 14.1 Å². The fourth-order valence-corrected chi connectivity index (χ4v) is 1.01. The highest BCUT2D eigenvalue weighted by Gasteiger charge is 2.28. The van der Waals surface area contributed by atoms with E-state index in [1.807, 2.05) is 20.8 Å². The Hall–Kier alpha value is -1.43. The first-order valence-corrected chi connectivity index (χ1v) is 5.12. The second-order valence-corrected chi connectivity index (χ2v) is 4.52. The fraction of sp³-hybridized carbons (Fsp3) is 0.700. The molecule has 1 aromatic heterocycles. The van der Waals surface area contributed by atoms with Gasteiger partial charge in [0.2, 0.25) is 5.89 Å². The van der Waals surface area contributed by atoms with Gasteiger partial charge in [-0.2, -0.15) is 4.98 Å². The van der Waals surface area contributed by atoms with Gasteiger partial charge < -0.3 is 15.0 Å². The number of nitrogens with zero attached hydrogens (tertiary/aromatic N) is 2. The Morgan fingerprint density at radius 3 is 2.69 bits per heavy atom. The van der Waals surface area contributed by atoms with Crippen LogP contribution >= 0.6 is 0 Å². The standard InChI is InChI=1S/C10H17N3O3/c1-5-15-9(14)7-12-8(16-13-7)6(11)10(2,3)4/h6H,5,11H2,1-4H3. The van der Waals surface area contributed by atoms with Crippen LogP contribution in [0.3, 0.4) is 0 Å². The van der Waals surface area contributed by atoms with Crippen molar-refractivity contribution in [2.24, 2.45) is 11.1 Å². The first-order valence-electron chi connectivity index (χ1n) is 5.12. The van der Waals surface area contributed by atoms with Crippen molar-refractivity contribution in [1.29, 1.82) is 0 Å². The number of nitrogens with two attached hydrogens (primary N) is 1. The van der Waals surface area contributed by atoms with Gasteiger partial charge >= 0.3 is 5.97 Å². The summed E-state index contributed by atoms with van der Waals surface area (Å²) in [6.07, 6.45) is 0. The van der Waals surface area contributed by atoms with E-state index in [4.69, 9.17) is 15.0 Å². The molecule has 0 saturated heterocycles. The van der Waals surface area contributed by atoms with Gasteiger partial charge in [0.25, 0.3) is 5.82 Å². The molecule has 1 heterocycles. The zero-order chi connectivity index (χ0) is 12.3. The first-order chi connectivity index (χ1) is 7.36. The molecule has 0 fully saturated rings. The highest BCUT2D eigenvalue weighted by Crippen LogP contribution is 2.29. The largest absolute Gasteiger partial charge is 0.460 e. The molecule has 6 heteroatoms. The smallest absolute Gasteiger partial charge is 0.379 e. The monoisotopic (exact) mass is 227 g/mol. The average molecular weight is 227 g/mol. The second kappa shape index (κ2) is 4.61. The molecule has 2 N–H and O–H groups in total. The fourth-order valence-electron chi connectivity index (χ4n) is 1.01. The third kappa shape index (κ3) is 2.79. The first kappa shape index (κ1) is 12.6. The molecule has 6 nitrogen and oxygen atoms in total. The van der Waals surface area contributed by atoms with E-state index in [2.05, 4.69) is 10.1 Å². The van der Waals surface area contributed by atoms with Crippen LogP contribution in [0, 0.1) is 5.41 Å². The highest BCUT2D eigenvalue weighted by atomic mass is 16.5. The average Bonchev–Trinajstić information content (AvgIpc) is 2.64. The zero-order valence-corrected chi connectivity index (χ0v) is 9.98. The minimum Gasteiger partial charge on any atom is -0.460 e. The molecule has 1 aromatic rings. The second-order valence-electron chi connectivity index (χ2n) is 4.52. The van der Waals surface area contributed by atoms with Gasteiger partial charge in [-0.1, -0.05) is 20.8 Å². The molecule has 0 radical (unpaired) electrons. The lowest BCUT2D eigenvalue weighted by Crippen LogP contribution is -2.26. The summed E-state index contributed by atoms with van der Waals surface area (Å²) < 4.78 is 9.68. The van der Waals surface area contributed by atoms with Crippen LogP contribution in [0.5, 0.6) is 0 Å². The topological polar surface area (TPSA) is 91.2 Å². The SMILES string of the molecule is CCOC(=O)c1noc(C(N)C(C)(C)C)n1. The van der Waals surface area contributed by atoms with Crippen LogP contribution in [-0.4, -0.2) is 22.7 Å². The molecule has 0 aliphatic rings. The molecule has 0 bridgehead atoms. The maximum Gasteiger partial charge on any atom is 0.379 e. The molecule has 0 amide bonds. The Labute approximate surface area is 94.2 Å². The van der Waals surface area contributed by atoms with Crippen molar-refractivity contribution in [2.75, 3.05) is 6.61 Å². The molecule has 1 rings (SSSR count). The van der Waals surface area contributed by atoms with Crippen molar-refractivity contribution in [3.8, 4) is 0 Å². The van der Waals surface area contributed by atoms with Crippen LogP contribution in [-0.2, 0) is 4.74 Å². The molecular formula is C10H17N3O3. The molecule has 1 atom stereocenters. The van der Waals surface area contributed by atoms with Crippen LogP contribution in [0.25, 0.3) is 0 Å². The molecule has 0 saturated carbocycles. The molecular weight excluding hydrogens is 210 g/mol. The van der Waals surface area contributed by atoms with Gasteiger partial charge in [0.15, 0.2) is 0 Å². The van der Waals surface area contributed by atoms with Crippen LogP contribution < -0.4 is 5.73 Å². The van der Waals surface area contributed by atoms with E-state index in [-0.39, 0.29) is 23.7 Å². The van der Waals surface area contributed by atoms with Gasteiger partial charge in [-0.15, -0.1) is 0 Å². The molecule has 16 heavy (non-hydrogen) atoms. The van der Waals surface area contributed by atoms with E-state index in [9.17, 15) is 4.79 Å². The van der Waals surface area contributed by atoms with Crippen LogP contribution in [0.15, 0.2) is 4.52 Å².